The summed E-state index contributed by atoms with van der Waals surface area (Å²) in [5.41, 5.74) is 4.46. The van der Waals surface area contributed by atoms with Crippen LogP contribution < -0.4 is 15.1 Å². The second-order valence-corrected chi connectivity index (χ2v) is 8.76. The summed E-state index contributed by atoms with van der Waals surface area (Å²) in [7, 11) is 0. The van der Waals surface area contributed by atoms with Crippen molar-refractivity contribution in [2.75, 3.05) is 6.61 Å². The number of aromatic nitrogens is 3. The molecule has 0 fully saturated rings. The predicted molar refractivity (Wildman–Crippen MR) is 142 cm³/mol. The highest BCUT2D eigenvalue weighted by atomic mass is 16.7. The first-order valence-corrected chi connectivity index (χ1v) is 12.1. The van der Waals surface area contributed by atoms with Gasteiger partial charge in [-0.25, -0.2) is 9.78 Å². The van der Waals surface area contributed by atoms with Crippen molar-refractivity contribution in [3.05, 3.63) is 130 Å². The van der Waals surface area contributed by atoms with Crippen LogP contribution in [0.4, 0.5) is 0 Å². The van der Waals surface area contributed by atoms with Gasteiger partial charge in [-0.15, -0.1) is 0 Å². The van der Waals surface area contributed by atoms with E-state index in [2.05, 4.69) is 29.2 Å². The molecular weight excluding hydrogens is 466 g/mol. The number of pyridine rings is 1. The van der Waals surface area contributed by atoms with Crippen LogP contribution in [-0.2, 0) is 11.3 Å². The fourth-order valence-electron chi connectivity index (χ4n) is 4.55. The molecular formula is C30H27N3O4. The molecule has 186 valence electrons. The number of hydrogen-bond acceptors (Lipinski definition) is 5. The molecule has 0 saturated carbocycles. The molecule has 0 radical (unpaired) electrons. The molecule has 0 bridgehead atoms. The number of carbonyl (C=O) groups is 1. The minimum Gasteiger partial charge on any atom is -0.489 e. The third-order valence-electron chi connectivity index (χ3n) is 6.18. The number of para-hydroxylation sites is 1. The second-order valence-electron chi connectivity index (χ2n) is 8.76. The number of fused-ring (bicyclic) bond motifs is 1. The zero-order valence-corrected chi connectivity index (χ0v) is 20.7. The first-order chi connectivity index (χ1) is 18.0. The Balaban J connectivity index is 1.40. The lowest BCUT2D eigenvalue weighted by molar-refractivity contribution is -0.141. The Morgan fingerprint density at radius 3 is 2.19 bits per heavy atom. The molecule has 0 aliphatic carbocycles. The van der Waals surface area contributed by atoms with Gasteiger partial charge in [-0.2, -0.15) is 4.73 Å². The Kier molecular flexibility index (Phi) is 6.85. The molecule has 0 aliphatic heterocycles. The van der Waals surface area contributed by atoms with Crippen molar-refractivity contribution in [2.24, 2.45) is 0 Å². The first-order valence-electron chi connectivity index (χ1n) is 12.1. The minimum absolute atomic E-state index is 0.00266. The lowest BCUT2D eigenvalue weighted by atomic mass is 9.86. The van der Waals surface area contributed by atoms with E-state index < -0.39 is 5.97 Å². The van der Waals surface area contributed by atoms with Crippen LogP contribution in [0.5, 0.6) is 5.75 Å². The van der Waals surface area contributed by atoms with E-state index in [-0.39, 0.29) is 18.1 Å². The van der Waals surface area contributed by atoms with E-state index in [9.17, 15) is 9.59 Å². The highest BCUT2D eigenvalue weighted by molar-refractivity contribution is 5.83. The summed E-state index contributed by atoms with van der Waals surface area (Å²) < 4.78 is 9.12. The summed E-state index contributed by atoms with van der Waals surface area (Å²) in [6, 6.07) is 29.5. The van der Waals surface area contributed by atoms with Crippen LogP contribution in [0.15, 0.2) is 102 Å². The molecule has 2 heterocycles. The molecule has 0 spiro atoms. The summed E-state index contributed by atoms with van der Waals surface area (Å²) in [5.74, 6) is 0.662. The zero-order valence-electron chi connectivity index (χ0n) is 20.7. The summed E-state index contributed by atoms with van der Waals surface area (Å²) in [6.45, 7) is 3.73. The molecule has 3 aromatic carbocycles. The molecule has 0 saturated heterocycles. The van der Waals surface area contributed by atoms with E-state index in [1.807, 2.05) is 66.9 Å². The Morgan fingerprint density at radius 2 is 1.54 bits per heavy atom. The highest BCUT2D eigenvalue weighted by Gasteiger charge is 2.18. The third-order valence-corrected chi connectivity index (χ3v) is 6.18. The molecule has 7 nitrogen and oxygen atoms in total. The molecule has 0 N–H and O–H groups in total. The van der Waals surface area contributed by atoms with Gasteiger partial charge in [0, 0.05) is 25.1 Å². The summed E-state index contributed by atoms with van der Waals surface area (Å²) in [6.07, 6.45) is 1.91. The van der Waals surface area contributed by atoms with Gasteiger partial charge in [-0.3, -0.25) is 4.79 Å². The van der Waals surface area contributed by atoms with Gasteiger partial charge in [-0.1, -0.05) is 72.8 Å². The van der Waals surface area contributed by atoms with E-state index in [1.54, 1.807) is 17.6 Å². The fraction of sp³-hybridized carbons (Fsp3) is 0.167. The van der Waals surface area contributed by atoms with Gasteiger partial charge in [0.2, 0.25) is 0 Å². The maximum absolute atomic E-state index is 12.7. The number of carbonyl (C=O) groups excluding carboxylic acids is 1. The van der Waals surface area contributed by atoms with Gasteiger partial charge in [0.05, 0.1) is 6.54 Å². The normalized spacial score (nSPS) is 11.1. The van der Waals surface area contributed by atoms with Gasteiger partial charge in [-0.05, 0) is 35.7 Å². The van der Waals surface area contributed by atoms with E-state index in [0.29, 0.717) is 29.2 Å². The maximum atomic E-state index is 12.7. The van der Waals surface area contributed by atoms with Crippen LogP contribution in [-0.4, -0.2) is 26.9 Å². The van der Waals surface area contributed by atoms with Crippen molar-refractivity contribution in [3.63, 3.8) is 0 Å². The van der Waals surface area contributed by atoms with Gasteiger partial charge in [0.15, 0.2) is 0 Å². The monoisotopic (exact) mass is 493 g/mol. The van der Waals surface area contributed by atoms with E-state index in [0.717, 1.165) is 16.7 Å². The van der Waals surface area contributed by atoms with E-state index in [1.165, 1.54) is 11.7 Å². The van der Waals surface area contributed by atoms with Crippen LogP contribution in [0.1, 0.15) is 35.4 Å². The van der Waals surface area contributed by atoms with Crippen LogP contribution in [0.3, 0.4) is 0 Å². The van der Waals surface area contributed by atoms with Crippen molar-refractivity contribution in [3.8, 4) is 5.75 Å². The van der Waals surface area contributed by atoms with E-state index in [4.69, 9.17) is 9.57 Å². The number of rotatable bonds is 8. The highest BCUT2D eigenvalue weighted by Crippen LogP contribution is 2.31. The molecule has 0 atom stereocenters. The zero-order chi connectivity index (χ0) is 25.8. The molecule has 0 aliphatic rings. The SMILES string of the molecule is CC(=O)On1c(C)nc2c(OCCn3cc(C(c4ccccc4)c4ccccc4)ccc3=O)cccc21. The molecule has 5 rings (SSSR count). The first kappa shape index (κ1) is 24.1. The van der Waals surface area contributed by atoms with Gasteiger partial charge >= 0.3 is 5.97 Å². The Labute approximate surface area is 214 Å². The number of aryl methyl sites for hydroxylation is 1. The maximum Gasteiger partial charge on any atom is 0.329 e. The molecule has 0 unspecified atom stereocenters. The van der Waals surface area contributed by atoms with Crippen LogP contribution in [0.25, 0.3) is 11.0 Å². The van der Waals surface area contributed by atoms with E-state index >= 15 is 0 Å². The van der Waals surface area contributed by atoms with Crippen molar-refractivity contribution in [2.45, 2.75) is 26.3 Å². The Hall–Kier alpha value is -4.65. The van der Waals surface area contributed by atoms with Gasteiger partial charge in [0.25, 0.3) is 5.56 Å². The second kappa shape index (κ2) is 10.5. The number of benzene rings is 3. The van der Waals surface area contributed by atoms with Crippen molar-refractivity contribution in [1.29, 1.82) is 0 Å². The van der Waals surface area contributed by atoms with Crippen LogP contribution >= 0.6 is 0 Å². The fourth-order valence-corrected chi connectivity index (χ4v) is 4.55. The predicted octanol–water partition coefficient (Wildman–Crippen LogP) is 4.74. The summed E-state index contributed by atoms with van der Waals surface area (Å²) >= 11 is 0. The third kappa shape index (κ3) is 5.16. The number of hydrogen-bond donors (Lipinski definition) is 0. The van der Waals surface area contributed by atoms with Crippen LogP contribution in [0.2, 0.25) is 0 Å². The average Bonchev–Trinajstić information content (AvgIpc) is 3.22. The van der Waals surface area contributed by atoms with Crippen molar-refractivity contribution >= 4 is 17.0 Å². The molecule has 5 aromatic rings. The quantitative estimate of drug-likeness (QED) is 0.312. The topological polar surface area (TPSA) is 75.4 Å². The lowest BCUT2D eigenvalue weighted by Gasteiger charge is -2.20. The molecule has 2 aromatic heterocycles. The van der Waals surface area contributed by atoms with Gasteiger partial charge < -0.3 is 14.1 Å². The standard InChI is InChI=1S/C30H27N3O4/c1-21-31-30-26(33(21)37-22(2)34)14-9-15-27(30)36-19-18-32-20-25(16-17-28(32)35)29(23-10-5-3-6-11-23)24-12-7-4-8-13-24/h3-17,20,29H,18-19H2,1-2H3. The van der Waals surface area contributed by atoms with Crippen LogP contribution in [0, 0.1) is 6.92 Å². The number of imidazole rings is 1. The molecule has 0 amide bonds. The van der Waals surface area contributed by atoms with Gasteiger partial charge in [0.1, 0.15) is 29.2 Å². The number of ether oxygens (including phenoxy) is 1. The summed E-state index contributed by atoms with van der Waals surface area (Å²) in [5, 5.41) is 0. The molecule has 7 heteroatoms. The average molecular weight is 494 g/mol. The molecule has 37 heavy (non-hydrogen) atoms. The lowest BCUT2D eigenvalue weighted by Crippen LogP contribution is -2.23. The minimum atomic E-state index is -0.433. The van der Waals surface area contributed by atoms with Crippen molar-refractivity contribution < 1.29 is 14.4 Å². The Morgan fingerprint density at radius 1 is 0.865 bits per heavy atom. The smallest absolute Gasteiger partial charge is 0.329 e. The summed E-state index contributed by atoms with van der Waals surface area (Å²) in [4.78, 5) is 34.0. The largest absolute Gasteiger partial charge is 0.489 e. The van der Waals surface area contributed by atoms with Crippen molar-refractivity contribution in [1.82, 2.24) is 14.3 Å². The number of nitrogens with zero attached hydrogens (tertiary/aromatic N) is 3. The Bertz CT molecular complexity index is 1550.